The minimum atomic E-state index is -0.467. The molecular formula is C15H17ClN4O2. The number of hydrogen-bond donors (Lipinski definition) is 2. The molecule has 0 saturated carbocycles. The Labute approximate surface area is 133 Å². The average molecular weight is 321 g/mol. The maximum atomic E-state index is 11.3. The first-order valence-corrected chi connectivity index (χ1v) is 7.04. The molecule has 1 aromatic heterocycles. The number of hydrazone groups is 1. The molecule has 0 aliphatic rings. The number of aromatic amines is 1. The highest BCUT2D eigenvalue weighted by Crippen LogP contribution is 2.18. The number of nitrogens with zero attached hydrogens (tertiary/aromatic N) is 2. The number of anilines is 1. The van der Waals surface area contributed by atoms with Crippen molar-refractivity contribution < 1.29 is 4.74 Å². The number of halogens is 1. The van der Waals surface area contributed by atoms with Crippen molar-refractivity contribution in [2.75, 3.05) is 5.43 Å². The van der Waals surface area contributed by atoms with Crippen molar-refractivity contribution >= 4 is 23.5 Å². The molecule has 7 heteroatoms. The van der Waals surface area contributed by atoms with E-state index in [9.17, 15) is 4.79 Å². The highest BCUT2D eigenvalue weighted by atomic mass is 35.5. The standard InChI is InChI=1S/C15H17ClN4O2/c1-15(2,3)22-11-6-4-10(5-7-11)8-17-19-12-9-18-20-14(21)13(12)16/h4-9H,1-3H3,(H2,19,20,21)/b17-8-. The van der Waals surface area contributed by atoms with Gasteiger partial charge >= 0.3 is 0 Å². The Kier molecular flexibility index (Phi) is 4.82. The zero-order valence-corrected chi connectivity index (χ0v) is 13.3. The Bertz CT molecular complexity index is 718. The zero-order chi connectivity index (χ0) is 16.2. The third kappa shape index (κ3) is 4.60. The Morgan fingerprint density at radius 2 is 2.00 bits per heavy atom. The van der Waals surface area contributed by atoms with Gasteiger partial charge < -0.3 is 4.74 Å². The quantitative estimate of drug-likeness (QED) is 0.670. The minimum absolute atomic E-state index is 0.0149. The maximum Gasteiger partial charge on any atom is 0.285 e. The molecular weight excluding hydrogens is 304 g/mol. The molecule has 6 nitrogen and oxygen atoms in total. The summed E-state index contributed by atoms with van der Waals surface area (Å²) < 4.78 is 5.74. The van der Waals surface area contributed by atoms with Gasteiger partial charge in [0.2, 0.25) is 0 Å². The van der Waals surface area contributed by atoms with Gasteiger partial charge in [-0.15, -0.1) is 0 Å². The van der Waals surface area contributed by atoms with E-state index in [-0.39, 0.29) is 10.6 Å². The second-order valence-electron chi connectivity index (χ2n) is 5.58. The summed E-state index contributed by atoms with van der Waals surface area (Å²) in [6, 6.07) is 7.50. The summed E-state index contributed by atoms with van der Waals surface area (Å²) in [5, 5.41) is 9.91. The van der Waals surface area contributed by atoms with Gasteiger partial charge in [0.05, 0.1) is 12.4 Å². The van der Waals surface area contributed by atoms with Crippen LogP contribution in [0.2, 0.25) is 5.02 Å². The van der Waals surface area contributed by atoms with Gasteiger partial charge in [0, 0.05) is 0 Å². The first kappa shape index (κ1) is 16.0. The molecule has 0 atom stereocenters. The highest BCUT2D eigenvalue weighted by Gasteiger charge is 2.11. The van der Waals surface area contributed by atoms with E-state index in [4.69, 9.17) is 16.3 Å². The number of benzene rings is 1. The van der Waals surface area contributed by atoms with E-state index in [0.717, 1.165) is 11.3 Å². The molecule has 22 heavy (non-hydrogen) atoms. The Morgan fingerprint density at radius 1 is 1.32 bits per heavy atom. The molecule has 0 fully saturated rings. The maximum absolute atomic E-state index is 11.3. The summed E-state index contributed by atoms with van der Waals surface area (Å²) in [6.07, 6.45) is 3.00. The second-order valence-corrected chi connectivity index (χ2v) is 5.96. The van der Waals surface area contributed by atoms with E-state index < -0.39 is 5.56 Å². The number of nitrogens with one attached hydrogen (secondary N) is 2. The van der Waals surface area contributed by atoms with E-state index in [0.29, 0.717) is 5.69 Å². The lowest BCUT2D eigenvalue weighted by Crippen LogP contribution is -2.22. The summed E-state index contributed by atoms with van der Waals surface area (Å²) in [6.45, 7) is 5.98. The van der Waals surface area contributed by atoms with Gasteiger partial charge in [-0.3, -0.25) is 10.2 Å². The van der Waals surface area contributed by atoms with Crippen LogP contribution in [0.15, 0.2) is 40.4 Å². The minimum Gasteiger partial charge on any atom is -0.488 e. The Morgan fingerprint density at radius 3 is 2.64 bits per heavy atom. The van der Waals surface area contributed by atoms with Gasteiger partial charge in [-0.25, -0.2) is 5.10 Å². The topological polar surface area (TPSA) is 79.4 Å². The third-order valence-corrected chi connectivity index (χ3v) is 2.87. The number of aromatic nitrogens is 2. The van der Waals surface area contributed by atoms with Gasteiger partial charge in [-0.05, 0) is 50.6 Å². The molecule has 0 unspecified atom stereocenters. The van der Waals surface area contributed by atoms with E-state index in [2.05, 4.69) is 20.7 Å². The monoisotopic (exact) mass is 320 g/mol. The normalized spacial score (nSPS) is 11.6. The van der Waals surface area contributed by atoms with Crippen molar-refractivity contribution in [1.29, 1.82) is 0 Å². The van der Waals surface area contributed by atoms with Crippen LogP contribution in [0.3, 0.4) is 0 Å². The van der Waals surface area contributed by atoms with Gasteiger partial charge in [0.15, 0.2) is 0 Å². The largest absolute Gasteiger partial charge is 0.488 e. The van der Waals surface area contributed by atoms with Crippen LogP contribution in [-0.2, 0) is 0 Å². The van der Waals surface area contributed by atoms with Crippen molar-refractivity contribution in [2.45, 2.75) is 26.4 Å². The van der Waals surface area contributed by atoms with E-state index in [1.807, 2.05) is 45.0 Å². The lowest BCUT2D eigenvalue weighted by molar-refractivity contribution is 0.131. The van der Waals surface area contributed by atoms with E-state index in [1.54, 1.807) is 6.21 Å². The molecule has 0 aliphatic carbocycles. The fourth-order valence-corrected chi connectivity index (χ4v) is 1.75. The summed E-state index contributed by atoms with van der Waals surface area (Å²) >= 11 is 5.82. The molecule has 0 aliphatic heterocycles. The molecule has 116 valence electrons. The van der Waals surface area contributed by atoms with Crippen LogP contribution in [0.1, 0.15) is 26.3 Å². The van der Waals surface area contributed by atoms with Crippen LogP contribution >= 0.6 is 11.6 Å². The third-order valence-electron chi connectivity index (χ3n) is 2.50. The number of rotatable bonds is 4. The Hall–Kier alpha value is -2.34. The predicted octanol–water partition coefficient (Wildman–Crippen LogP) is 3.05. The van der Waals surface area contributed by atoms with Gasteiger partial charge in [-0.2, -0.15) is 10.2 Å². The lowest BCUT2D eigenvalue weighted by Gasteiger charge is -2.21. The number of hydrogen-bond acceptors (Lipinski definition) is 5. The molecule has 2 N–H and O–H groups in total. The lowest BCUT2D eigenvalue weighted by atomic mass is 10.2. The summed E-state index contributed by atoms with van der Waals surface area (Å²) in [7, 11) is 0. The van der Waals surface area contributed by atoms with Crippen molar-refractivity contribution in [3.05, 3.63) is 51.4 Å². The smallest absolute Gasteiger partial charge is 0.285 e. The van der Waals surface area contributed by atoms with Gasteiger partial charge in [0.1, 0.15) is 22.1 Å². The Balaban J connectivity index is 2.02. The predicted molar refractivity (Wildman–Crippen MR) is 87.9 cm³/mol. The average Bonchev–Trinajstić information content (AvgIpc) is 2.44. The molecule has 2 aromatic rings. The van der Waals surface area contributed by atoms with Crippen LogP contribution in [0.5, 0.6) is 5.75 Å². The van der Waals surface area contributed by atoms with Gasteiger partial charge in [0.25, 0.3) is 5.56 Å². The van der Waals surface area contributed by atoms with Gasteiger partial charge in [-0.1, -0.05) is 11.6 Å². The SMILES string of the molecule is CC(C)(C)Oc1ccc(/C=N\Nc2cn[nH]c(=O)c2Cl)cc1. The molecule has 1 aromatic carbocycles. The second kappa shape index (κ2) is 6.62. The van der Waals surface area contributed by atoms with E-state index in [1.165, 1.54) is 6.20 Å². The van der Waals surface area contributed by atoms with Crippen LogP contribution in [0.4, 0.5) is 5.69 Å². The number of H-pyrrole nitrogens is 1. The molecule has 0 radical (unpaired) electrons. The van der Waals surface area contributed by atoms with Crippen LogP contribution in [0.25, 0.3) is 0 Å². The molecule has 0 bridgehead atoms. The van der Waals surface area contributed by atoms with E-state index >= 15 is 0 Å². The zero-order valence-electron chi connectivity index (χ0n) is 12.6. The van der Waals surface area contributed by atoms with Crippen LogP contribution in [-0.4, -0.2) is 22.0 Å². The first-order chi connectivity index (χ1) is 10.3. The molecule has 0 amide bonds. The molecule has 2 rings (SSSR count). The highest BCUT2D eigenvalue weighted by molar-refractivity contribution is 6.32. The molecule has 1 heterocycles. The fraction of sp³-hybridized carbons (Fsp3) is 0.267. The molecule has 0 saturated heterocycles. The van der Waals surface area contributed by atoms with Crippen LogP contribution < -0.4 is 15.7 Å². The first-order valence-electron chi connectivity index (χ1n) is 6.66. The van der Waals surface area contributed by atoms with Crippen molar-refractivity contribution in [3.8, 4) is 5.75 Å². The number of ether oxygens (including phenoxy) is 1. The summed E-state index contributed by atoms with van der Waals surface area (Å²) in [4.78, 5) is 11.3. The van der Waals surface area contributed by atoms with Crippen molar-refractivity contribution in [1.82, 2.24) is 10.2 Å². The van der Waals surface area contributed by atoms with Crippen molar-refractivity contribution in [2.24, 2.45) is 5.10 Å². The fourth-order valence-electron chi connectivity index (χ4n) is 1.61. The van der Waals surface area contributed by atoms with Crippen LogP contribution in [0, 0.1) is 0 Å². The molecule has 0 spiro atoms. The van der Waals surface area contributed by atoms with Crippen molar-refractivity contribution in [3.63, 3.8) is 0 Å². The summed E-state index contributed by atoms with van der Waals surface area (Å²) in [5.41, 5.74) is 3.20. The summed E-state index contributed by atoms with van der Waals surface area (Å²) in [5.74, 6) is 0.791.